The van der Waals surface area contributed by atoms with E-state index in [0.717, 1.165) is 54.9 Å². The molecular formula is C16H19ClN2O3. The van der Waals surface area contributed by atoms with Gasteiger partial charge in [0.05, 0.1) is 30.7 Å². The molecule has 6 heteroatoms. The number of hydrogen-bond acceptors (Lipinski definition) is 5. The molecule has 5 nitrogen and oxygen atoms in total. The summed E-state index contributed by atoms with van der Waals surface area (Å²) in [5.41, 5.74) is 0.820. The average Bonchev–Trinajstić information content (AvgIpc) is 2.56. The van der Waals surface area contributed by atoms with Gasteiger partial charge in [0.1, 0.15) is 23.9 Å². The second-order valence-electron chi connectivity index (χ2n) is 5.20. The zero-order valence-corrected chi connectivity index (χ0v) is 13.1. The highest BCUT2D eigenvalue weighted by molar-refractivity contribution is 6.17. The second-order valence-corrected chi connectivity index (χ2v) is 5.58. The van der Waals surface area contributed by atoms with Crippen molar-refractivity contribution in [3.05, 3.63) is 24.7 Å². The number of alkyl halides is 1. The predicted molar refractivity (Wildman–Crippen MR) is 84.8 cm³/mol. The van der Waals surface area contributed by atoms with Crippen LogP contribution in [-0.2, 0) is 4.74 Å². The fourth-order valence-electron chi connectivity index (χ4n) is 2.43. The molecule has 0 bridgehead atoms. The van der Waals surface area contributed by atoms with Gasteiger partial charge in [-0.3, -0.25) is 0 Å². The molecule has 22 heavy (non-hydrogen) atoms. The van der Waals surface area contributed by atoms with Crippen LogP contribution < -0.4 is 9.47 Å². The quantitative estimate of drug-likeness (QED) is 0.604. The lowest BCUT2D eigenvalue weighted by molar-refractivity contribution is 0.0261. The van der Waals surface area contributed by atoms with Crippen LogP contribution in [0.3, 0.4) is 0 Å². The summed E-state index contributed by atoms with van der Waals surface area (Å²) >= 11 is 5.69. The van der Waals surface area contributed by atoms with Gasteiger partial charge < -0.3 is 14.2 Å². The lowest BCUT2D eigenvalue weighted by Gasteiger charge is -2.24. The third kappa shape index (κ3) is 3.78. The van der Waals surface area contributed by atoms with Crippen LogP contribution in [0.5, 0.6) is 11.5 Å². The summed E-state index contributed by atoms with van der Waals surface area (Å²) in [6.07, 6.45) is 6.07. The number of fused-ring (bicyclic) bond motifs is 1. The first-order valence-electron chi connectivity index (χ1n) is 7.54. The van der Waals surface area contributed by atoms with E-state index >= 15 is 0 Å². The van der Waals surface area contributed by atoms with E-state index in [1.807, 2.05) is 12.1 Å². The molecule has 0 aliphatic carbocycles. The highest BCUT2D eigenvalue weighted by atomic mass is 35.5. The van der Waals surface area contributed by atoms with Crippen LogP contribution >= 0.6 is 11.6 Å². The van der Waals surface area contributed by atoms with Crippen molar-refractivity contribution in [1.29, 1.82) is 0 Å². The third-order valence-electron chi connectivity index (χ3n) is 3.57. The van der Waals surface area contributed by atoms with E-state index in [1.54, 1.807) is 6.20 Å². The first-order valence-corrected chi connectivity index (χ1v) is 8.07. The third-order valence-corrected chi connectivity index (χ3v) is 3.84. The average molecular weight is 323 g/mol. The molecule has 0 amide bonds. The summed E-state index contributed by atoms with van der Waals surface area (Å²) in [7, 11) is 0. The molecule has 118 valence electrons. The number of nitrogens with zero attached hydrogens (tertiary/aromatic N) is 2. The molecule has 1 aliphatic rings. The Kier molecular flexibility index (Phi) is 5.29. The van der Waals surface area contributed by atoms with E-state index in [9.17, 15) is 0 Å². The van der Waals surface area contributed by atoms with Crippen molar-refractivity contribution in [2.75, 3.05) is 25.7 Å². The summed E-state index contributed by atoms with van der Waals surface area (Å²) in [5, 5.41) is 0.902. The van der Waals surface area contributed by atoms with E-state index in [4.69, 9.17) is 25.8 Å². The number of benzene rings is 1. The molecule has 0 atom stereocenters. The Morgan fingerprint density at radius 1 is 1.27 bits per heavy atom. The Morgan fingerprint density at radius 3 is 2.95 bits per heavy atom. The minimum Gasteiger partial charge on any atom is -0.493 e. The van der Waals surface area contributed by atoms with Crippen molar-refractivity contribution in [3.63, 3.8) is 0 Å². The van der Waals surface area contributed by atoms with Gasteiger partial charge in [0.15, 0.2) is 0 Å². The van der Waals surface area contributed by atoms with Crippen molar-refractivity contribution in [1.82, 2.24) is 9.97 Å². The topological polar surface area (TPSA) is 53.5 Å². The Labute approximate surface area is 134 Å². The van der Waals surface area contributed by atoms with E-state index in [-0.39, 0.29) is 6.10 Å². The van der Waals surface area contributed by atoms with E-state index in [2.05, 4.69) is 9.97 Å². The van der Waals surface area contributed by atoms with Gasteiger partial charge in [-0.2, -0.15) is 0 Å². The molecule has 1 fully saturated rings. The van der Waals surface area contributed by atoms with E-state index in [0.29, 0.717) is 12.5 Å². The molecule has 1 saturated heterocycles. The molecule has 0 radical (unpaired) electrons. The molecule has 1 aromatic carbocycles. The number of hydrogen-bond donors (Lipinski definition) is 0. The zero-order chi connectivity index (χ0) is 15.2. The summed E-state index contributed by atoms with van der Waals surface area (Å²) in [5.74, 6) is 2.10. The summed E-state index contributed by atoms with van der Waals surface area (Å²) < 4.78 is 17.3. The minimum atomic E-state index is 0.162. The van der Waals surface area contributed by atoms with Gasteiger partial charge in [0.25, 0.3) is 0 Å². The SMILES string of the molecule is ClCCCOc1cc(OC2CCOCC2)c2cncnc2c1. The lowest BCUT2D eigenvalue weighted by Crippen LogP contribution is -2.26. The van der Waals surface area contributed by atoms with Crippen molar-refractivity contribution in [2.24, 2.45) is 0 Å². The molecular weight excluding hydrogens is 304 g/mol. The normalized spacial score (nSPS) is 15.9. The second kappa shape index (κ2) is 7.61. The van der Waals surface area contributed by atoms with Gasteiger partial charge in [-0.1, -0.05) is 0 Å². The summed E-state index contributed by atoms with van der Waals surface area (Å²) in [4.78, 5) is 8.40. The first kappa shape index (κ1) is 15.3. The summed E-state index contributed by atoms with van der Waals surface area (Å²) in [6.45, 7) is 2.06. The molecule has 0 N–H and O–H groups in total. The fraction of sp³-hybridized carbons (Fsp3) is 0.500. The van der Waals surface area contributed by atoms with Crippen LogP contribution in [0.1, 0.15) is 19.3 Å². The molecule has 3 rings (SSSR count). The van der Waals surface area contributed by atoms with Crippen molar-refractivity contribution < 1.29 is 14.2 Å². The van der Waals surface area contributed by atoms with Crippen LogP contribution in [0.2, 0.25) is 0 Å². The van der Waals surface area contributed by atoms with Crippen LogP contribution in [-0.4, -0.2) is 41.8 Å². The van der Waals surface area contributed by atoms with Gasteiger partial charge >= 0.3 is 0 Å². The highest BCUT2D eigenvalue weighted by Gasteiger charge is 2.17. The van der Waals surface area contributed by atoms with Crippen LogP contribution in [0.4, 0.5) is 0 Å². The smallest absolute Gasteiger partial charge is 0.134 e. The molecule has 0 saturated carbocycles. The Bertz CT molecular complexity index is 617. The van der Waals surface area contributed by atoms with Gasteiger partial charge in [0, 0.05) is 37.1 Å². The molecule has 0 spiro atoms. The lowest BCUT2D eigenvalue weighted by atomic mass is 10.1. The Balaban J connectivity index is 1.84. The molecule has 1 aromatic heterocycles. The maximum atomic E-state index is 6.15. The number of ether oxygens (including phenoxy) is 3. The van der Waals surface area contributed by atoms with E-state index < -0.39 is 0 Å². The highest BCUT2D eigenvalue weighted by Crippen LogP contribution is 2.31. The van der Waals surface area contributed by atoms with Crippen LogP contribution in [0.15, 0.2) is 24.7 Å². The van der Waals surface area contributed by atoms with Gasteiger partial charge in [-0.25, -0.2) is 9.97 Å². The maximum absolute atomic E-state index is 6.15. The van der Waals surface area contributed by atoms with Crippen LogP contribution in [0.25, 0.3) is 10.9 Å². The molecule has 0 unspecified atom stereocenters. The zero-order valence-electron chi connectivity index (χ0n) is 12.3. The predicted octanol–water partition coefficient (Wildman–Crippen LogP) is 3.20. The van der Waals surface area contributed by atoms with Crippen LogP contribution in [0, 0.1) is 0 Å². The number of halogens is 1. The fourth-order valence-corrected chi connectivity index (χ4v) is 2.54. The number of aromatic nitrogens is 2. The van der Waals surface area contributed by atoms with Gasteiger partial charge in [-0.05, 0) is 6.42 Å². The van der Waals surface area contributed by atoms with Gasteiger partial charge in [-0.15, -0.1) is 11.6 Å². The monoisotopic (exact) mass is 322 g/mol. The number of rotatable bonds is 6. The first-order chi connectivity index (χ1) is 10.9. The van der Waals surface area contributed by atoms with Crippen molar-refractivity contribution >= 4 is 22.5 Å². The Morgan fingerprint density at radius 2 is 2.14 bits per heavy atom. The van der Waals surface area contributed by atoms with Crippen molar-refractivity contribution in [2.45, 2.75) is 25.4 Å². The minimum absolute atomic E-state index is 0.162. The molecule has 1 aliphatic heterocycles. The maximum Gasteiger partial charge on any atom is 0.134 e. The standard InChI is InChI=1S/C16H19ClN2O3/c17-4-1-5-21-13-8-15-14(10-18-11-19-15)16(9-13)22-12-2-6-20-7-3-12/h8-12H,1-7H2. The molecule has 2 heterocycles. The van der Waals surface area contributed by atoms with Gasteiger partial charge in [0.2, 0.25) is 0 Å². The van der Waals surface area contributed by atoms with E-state index in [1.165, 1.54) is 6.33 Å². The summed E-state index contributed by atoms with van der Waals surface area (Å²) in [6, 6.07) is 3.82. The van der Waals surface area contributed by atoms with Crippen molar-refractivity contribution in [3.8, 4) is 11.5 Å². The molecule has 2 aromatic rings. The Hall–Kier alpha value is -1.59. The largest absolute Gasteiger partial charge is 0.493 e.